The van der Waals surface area contributed by atoms with Crippen LogP contribution in [-0.2, 0) is 6.42 Å². The first kappa shape index (κ1) is 14.7. The molecule has 0 saturated heterocycles. The summed E-state index contributed by atoms with van der Waals surface area (Å²) in [6.07, 6.45) is 0.279. The molecule has 2 aromatic rings. The number of aryl methyl sites for hydroxylation is 1. The Morgan fingerprint density at radius 3 is 2.32 bits per heavy atom. The summed E-state index contributed by atoms with van der Waals surface area (Å²) in [7, 11) is 0. The van der Waals surface area contributed by atoms with Crippen molar-refractivity contribution in [2.24, 2.45) is 0 Å². The van der Waals surface area contributed by atoms with Crippen LogP contribution in [0.2, 0.25) is 0 Å². The van der Waals surface area contributed by atoms with Crippen molar-refractivity contribution in [3.8, 4) is 0 Å². The van der Waals surface area contributed by atoms with E-state index in [4.69, 9.17) is 0 Å². The lowest BCUT2D eigenvalue weighted by atomic mass is 10.00. The standard InChI is InChI=1S/C15H12Br2F2/c1-9-7-10(16)5-6-11(9)13(17)8-12-14(18)3-2-4-15(12)19/h2-7,13H,8H2,1H3. The van der Waals surface area contributed by atoms with Crippen molar-refractivity contribution in [2.45, 2.75) is 18.2 Å². The fourth-order valence-electron chi connectivity index (χ4n) is 2.01. The zero-order chi connectivity index (χ0) is 14.0. The van der Waals surface area contributed by atoms with Crippen LogP contribution in [0.1, 0.15) is 21.5 Å². The van der Waals surface area contributed by atoms with Crippen molar-refractivity contribution >= 4 is 31.9 Å². The minimum Gasteiger partial charge on any atom is -0.207 e. The Kier molecular flexibility index (Phi) is 4.74. The van der Waals surface area contributed by atoms with Crippen molar-refractivity contribution in [3.63, 3.8) is 0 Å². The monoisotopic (exact) mass is 388 g/mol. The van der Waals surface area contributed by atoms with E-state index in [0.29, 0.717) is 0 Å². The SMILES string of the molecule is Cc1cc(Br)ccc1C(Br)Cc1c(F)cccc1F. The van der Waals surface area contributed by atoms with Crippen LogP contribution in [0.5, 0.6) is 0 Å². The Labute approximate surface area is 128 Å². The van der Waals surface area contributed by atoms with Gasteiger partial charge in [-0.05, 0) is 48.7 Å². The number of rotatable bonds is 3. The first-order chi connectivity index (χ1) is 8.99. The van der Waals surface area contributed by atoms with Gasteiger partial charge in [-0.3, -0.25) is 0 Å². The largest absolute Gasteiger partial charge is 0.207 e. The molecule has 0 saturated carbocycles. The van der Waals surface area contributed by atoms with Crippen molar-refractivity contribution in [1.82, 2.24) is 0 Å². The Balaban J connectivity index is 2.28. The van der Waals surface area contributed by atoms with Crippen molar-refractivity contribution in [3.05, 3.63) is 69.2 Å². The molecule has 0 aliphatic carbocycles. The fourth-order valence-corrected chi connectivity index (χ4v) is 3.32. The van der Waals surface area contributed by atoms with E-state index in [1.807, 2.05) is 25.1 Å². The maximum atomic E-state index is 13.6. The van der Waals surface area contributed by atoms with Gasteiger partial charge in [-0.15, -0.1) is 0 Å². The van der Waals surface area contributed by atoms with Crippen molar-refractivity contribution in [2.75, 3.05) is 0 Å². The van der Waals surface area contributed by atoms with Crippen molar-refractivity contribution < 1.29 is 8.78 Å². The molecule has 0 nitrogen and oxygen atoms in total. The van der Waals surface area contributed by atoms with Crippen LogP contribution in [0.4, 0.5) is 8.78 Å². The summed E-state index contributed by atoms with van der Waals surface area (Å²) in [6.45, 7) is 1.98. The molecular weight excluding hydrogens is 378 g/mol. The molecule has 0 aromatic heterocycles. The van der Waals surface area contributed by atoms with Gasteiger partial charge in [-0.25, -0.2) is 8.78 Å². The third kappa shape index (κ3) is 3.42. The molecule has 0 fully saturated rings. The molecule has 0 amide bonds. The molecule has 0 spiro atoms. The lowest BCUT2D eigenvalue weighted by molar-refractivity contribution is 0.554. The lowest BCUT2D eigenvalue weighted by Crippen LogP contribution is -2.02. The van der Waals surface area contributed by atoms with Crippen LogP contribution in [0.25, 0.3) is 0 Å². The van der Waals surface area contributed by atoms with E-state index in [1.54, 1.807) is 0 Å². The molecule has 0 bridgehead atoms. The van der Waals surface area contributed by atoms with Crippen LogP contribution in [0, 0.1) is 18.6 Å². The third-order valence-electron chi connectivity index (χ3n) is 3.01. The normalized spacial score (nSPS) is 12.5. The van der Waals surface area contributed by atoms with Gasteiger partial charge in [0.25, 0.3) is 0 Å². The number of hydrogen-bond donors (Lipinski definition) is 0. The predicted molar refractivity (Wildman–Crippen MR) is 80.6 cm³/mol. The van der Waals surface area contributed by atoms with Gasteiger partial charge < -0.3 is 0 Å². The minimum absolute atomic E-state index is 0.117. The van der Waals surface area contributed by atoms with Gasteiger partial charge in [0.15, 0.2) is 0 Å². The zero-order valence-electron chi connectivity index (χ0n) is 10.3. The predicted octanol–water partition coefficient (Wildman–Crippen LogP) is 5.71. The van der Waals surface area contributed by atoms with E-state index in [-0.39, 0.29) is 16.8 Å². The van der Waals surface area contributed by atoms with Crippen LogP contribution < -0.4 is 0 Å². The van der Waals surface area contributed by atoms with Crippen LogP contribution in [0.3, 0.4) is 0 Å². The van der Waals surface area contributed by atoms with E-state index in [1.165, 1.54) is 18.2 Å². The number of alkyl halides is 1. The first-order valence-electron chi connectivity index (χ1n) is 5.82. The van der Waals surface area contributed by atoms with Gasteiger partial charge in [-0.1, -0.05) is 44.0 Å². The van der Waals surface area contributed by atoms with Crippen LogP contribution in [-0.4, -0.2) is 0 Å². The maximum Gasteiger partial charge on any atom is 0.129 e. The fraction of sp³-hybridized carbons (Fsp3) is 0.200. The smallest absolute Gasteiger partial charge is 0.129 e. The van der Waals surface area contributed by atoms with Crippen LogP contribution in [0.15, 0.2) is 40.9 Å². The second-order valence-electron chi connectivity index (χ2n) is 4.37. The van der Waals surface area contributed by atoms with Crippen LogP contribution >= 0.6 is 31.9 Å². The van der Waals surface area contributed by atoms with Gasteiger partial charge in [-0.2, -0.15) is 0 Å². The van der Waals surface area contributed by atoms with E-state index < -0.39 is 11.6 Å². The Hall–Kier alpha value is -0.740. The van der Waals surface area contributed by atoms with Gasteiger partial charge in [0.1, 0.15) is 11.6 Å². The van der Waals surface area contributed by atoms with E-state index in [2.05, 4.69) is 31.9 Å². The average Bonchev–Trinajstić information content (AvgIpc) is 2.33. The molecule has 0 heterocycles. The molecule has 0 radical (unpaired) electrons. The maximum absolute atomic E-state index is 13.6. The summed E-state index contributed by atoms with van der Waals surface area (Å²) in [5.41, 5.74) is 2.23. The zero-order valence-corrected chi connectivity index (χ0v) is 13.4. The summed E-state index contributed by atoms with van der Waals surface area (Å²) in [5, 5.41) is 0. The minimum atomic E-state index is -0.501. The van der Waals surface area contributed by atoms with E-state index in [0.717, 1.165) is 15.6 Å². The highest BCUT2D eigenvalue weighted by Crippen LogP contribution is 2.32. The van der Waals surface area contributed by atoms with E-state index in [9.17, 15) is 8.78 Å². The van der Waals surface area contributed by atoms with E-state index >= 15 is 0 Å². The molecule has 0 aliphatic rings. The molecule has 100 valence electrons. The molecule has 0 aliphatic heterocycles. The van der Waals surface area contributed by atoms with Gasteiger partial charge in [0.2, 0.25) is 0 Å². The number of benzene rings is 2. The van der Waals surface area contributed by atoms with Gasteiger partial charge in [0, 0.05) is 14.9 Å². The molecule has 1 atom stereocenters. The summed E-state index contributed by atoms with van der Waals surface area (Å²) < 4.78 is 28.2. The second kappa shape index (κ2) is 6.14. The molecular formula is C15H12Br2F2. The second-order valence-corrected chi connectivity index (χ2v) is 6.39. The molecule has 4 heteroatoms. The third-order valence-corrected chi connectivity index (χ3v) is 4.32. The quantitative estimate of drug-likeness (QED) is 0.589. The number of halogens is 4. The summed E-state index contributed by atoms with van der Waals surface area (Å²) in [5.74, 6) is -1.00. The molecule has 0 N–H and O–H groups in total. The summed E-state index contributed by atoms with van der Waals surface area (Å²) >= 11 is 6.92. The van der Waals surface area contributed by atoms with Crippen molar-refractivity contribution in [1.29, 1.82) is 0 Å². The Morgan fingerprint density at radius 2 is 1.74 bits per heavy atom. The summed E-state index contributed by atoms with van der Waals surface area (Å²) in [6, 6.07) is 9.81. The highest BCUT2D eigenvalue weighted by molar-refractivity contribution is 9.10. The highest BCUT2D eigenvalue weighted by Gasteiger charge is 2.16. The Bertz CT molecular complexity index is 576. The van der Waals surface area contributed by atoms with Gasteiger partial charge >= 0.3 is 0 Å². The molecule has 2 aromatic carbocycles. The average molecular weight is 390 g/mol. The summed E-state index contributed by atoms with van der Waals surface area (Å²) in [4.78, 5) is -0.119. The number of hydrogen-bond acceptors (Lipinski definition) is 0. The van der Waals surface area contributed by atoms with Gasteiger partial charge in [0.05, 0.1) is 0 Å². The topological polar surface area (TPSA) is 0 Å². The molecule has 19 heavy (non-hydrogen) atoms. The Morgan fingerprint density at radius 1 is 1.11 bits per heavy atom. The lowest BCUT2D eigenvalue weighted by Gasteiger charge is -2.14. The molecule has 1 unspecified atom stereocenters. The highest BCUT2D eigenvalue weighted by atomic mass is 79.9. The first-order valence-corrected chi connectivity index (χ1v) is 7.53. The molecule has 2 rings (SSSR count).